The summed E-state index contributed by atoms with van der Waals surface area (Å²) in [7, 11) is 0. The molecule has 1 aromatic carbocycles. The normalized spacial score (nSPS) is 10.7. The van der Waals surface area contributed by atoms with Gasteiger partial charge in [-0.1, -0.05) is 0 Å². The molecule has 0 unspecified atom stereocenters. The zero-order valence-corrected chi connectivity index (χ0v) is 8.16. The maximum Gasteiger partial charge on any atom is 0.573 e. The summed E-state index contributed by atoms with van der Waals surface area (Å²) in [6.07, 6.45) is -4.79. The van der Waals surface area contributed by atoms with Crippen molar-refractivity contribution in [2.75, 3.05) is 0 Å². The molecular weight excluding hydrogens is 238 g/mol. The van der Waals surface area contributed by atoms with Crippen molar-refractivity contribution < 1.29 is 22.3 Å². The molecule has 0 atom stereocenters. The first-order chi connectivity index (χ1) is 6.42. The van der Waals surface area contributed by atoms with Gasteiger partial charge in [0.1, 0.15) is 11.6 Å². The zero-order valence-electron chi connectivity index (χ0n) is 7.34. The quantitative estimate of drug-likeness (QED) is 0.813. The van der Waals surface area contributed by atoms with E-state index in [-0.39, 0.29) is 24.5 Å². The summed E-state index contributed by atoms with van der Waals surface area (Å²) >= 11 is 0. The average molecular weight is 246 g/mol. The van der Waals surface area contributed by atoms with Crippen molar-refractivity contribution in [3.63, 3.8) is 0 Å². The number of hydrogen-bond donors (Lipinski definition) is 1. The summed E-state index contributed by atoms with van der Waals surface area (Å²) < 4.78 is 51.6. The highest BCUT2D eigenvalue weighted by Gasteiger charge is 2.31. The van der Waals surface area contributed by atoms with Gasteiger partial charge in [-0.05, 0) is 18.2 Å². The molecule has 15 heavy (non-hydrogen) atoms. The van der Waals surface area contributed by atoms with E-state index < -0.39 is 17.9 Å². The fraction of sp³-hybridized carbons (Fsp3) is 0.250. The van der Waals surface area contributed by atoms with E-state index in [1.54, 1.807) is 0 Å². The van der Waals surface area contributed by atoms with Gasteiger partial charge in [0.2, 0.25) is 0 Å². The van der Waals surface area contributed by atoms with Gasteiger partial charge in [0.25, 0.3) is 0 Å². The number of nitrogens with two attached hydrogens (primary N) is 1. The van der Waals surface area contributed by atoms with Gasteiger partial charge in [-0.25, -0.2) is 4.39 Å². The van der Waals surface area contributed by atoms with Crippen LogP contribution in [0.3, 0.4) is 0 Å². The van der Waals surface area contributed by atoms with E-state index in [4.69, 9.17) is 5.73 Å². The number of benzene rings is 1. The largest absolute Gasteiger partial charge is 0.573 e. The summed E-state index contributed by atoms with van der Waals surface area (Å²) in [6, 6.07) is 2.67. The van der Waals surface area contributed by atoms with Crippen LogP contribution in [-0.4, -0.2) is 6.36 Å². The van der Waals surface area contributed by atoms with Crippen LogP contribution in [0.25, 0.3) is 0 Å². The Balaban J connectivity index is 0.00000196. The molecule has 0 aliphatic heterocycles. The molecule has 1 rings (SSSR count). The van der Waals surface area contributed by atoms with Crippen molar-refractivity contribution in [3.8, 4) is 5.75 Å². The predicted molar refractivity (Wildman–Crippen MR) is 48.2 cm³/mol. The summed E-state index contributed by atoms with van der Waals surface area (Å²) in [4.78, 5) is 0. The molecule has 0 fully saturated rings. The lowest BCUT2D eigenvalue weighted by Crippen LogP contribution is -2.18. The van der Waals surface area contributed by atoms with E-state index in [1.807, 2.05) is 0 Å². The number of halogens is 5. The average Bonchev–Trinajstić information content (AvgIpc) is 2.06. The Morgan fingerprint density at radius 2 is 1.87 bits per heavy atom. The minimum atomic E-state index is -4.79. The molecule has 0 aliphatic rings. The lowest BCUT2D eigenvalue weighted by Gasteiger charge is -2.11. The lowest BCUT2D eigenvalue weighted by atomic mass is 10.2. The minimum absolute atomic E-state index is 0. The van der Waals surface area contributed by atoms with Crippen LogP contribution >= 0.6 is 12.4 Å². The molecule has 0 spiro atoms. The minimum Gasteiger partial charge on any atom is -0.405 e. The Bertz CT molecular complexity index is 329. The van der Waals surface area contributed by atoms with Gasteiger partial charge in [0.05, 0.1) is 0 Å². The molecule has 0 amide bonds. The Hall–Kier alpha value is -1.01. The molecule has 0 aromatic heterocycles. The molecule has 1 aromatic rings. The van der Waals surface area contributed by atoms with Crippen molar-refractivity contribution in [1.29, 1.82) is 0 Å². The zero-order chi connectivity index (χ0) is 10.8. The highest BCUT2D eigenvalue weighted by atomic mass is 35.5. The van der Waals surface area contributed by atoms with E-state index in [2.05, 4.69) is 4.74 Å². The second-order valence-corrected chi connectivity index (χ2v) is 2.50. The summed E-state index contributed by atoms with van der Waals surface area (Å²) in [6.45, 7) is -0.219. The molecular formula is C8H8ClF4NO. The van der Waals surface area contributed by atoms with E-state index in [0.717, 1.165) is 18.2 Å². The second kappa shape index (κ2) is 5.18. The van der Waals surface area contributed by atoms with Crippen LogP contribution in [0.4, 0.5) is 17.6 Å². The molecule has 0 radical (unpaired) electrons. The maximum atomic E-state index is 12.6. The Labute approximate surface area is 89.4 Å². The van der Waals surface area contributed by atoms with Crippen LogP contribution < -0.4 is 10.5 Å². The van der Waals surface area contributed by atoms with Gasteiger partial charge in [0, 0.05) is 12.1 Å². The third kappa shape index (κ3) is 4.35. The second-order valence-electron chi connectivity index (χ2n) is 2.50. The first-order valence-corrected chi connectivity index (χ1v) is 3.66. The summed E-state index contributed by atoms with van der Waals surface area (Å²) in [5, 5.41) is 0. The first-order valence-electron chi connectivity index (χ1n) is 3.66. The van der Waals surface area contributed by atoms with Crippen molar-refractivity contribution >= 4 is 12.4 Å². The Kier molecular flexibility index (Phi) is 4.83. The van der Waals surface area contributed by atoms with Gasteiger partial charge >= 0.3 is 6.36 Å². The molecule has 0 saturated carbocycles. The molecule has 0 aliphatic carbocycles. The van der Waals surface area contributed by atoms with E-state index in [9.17, 15) is 17.6 Å². The van der Waals surface area contributed by atoms with E-state index >= 15 is 0 Å². The van der Waals surface area contributed by atoms with Crippen LogP contribution in [0.5, 0.6) is 5.75 Å². The van der Waals surface area contributed by atoms with E-state index in [0.29, 0.717) is 0 Å². The SMILES string of the molecule is Cl.NCc1cc(F)ccc1OC(F)(F)F. The Morgan fingerprint density at radius 1 is 1.27 bits per heavy atom. The maximum absolute atomic E-state index is 12.6. The van der Waals surface area contributed by atoms with Gasteiger partial charge < -0.3 is 10.5 Å². The highest BCUT2D eigenvalue weighted by molar-refractivity contribution is 5.85. The van der Waals surface area contributed by atoms with Crippen LogP contribution in [-0.2, 0) is 6.54 Å². The predicted octanol–water partition coefficient (Wildman–Crippen LogP) is 2.60. The van der Waals surface area contributed by atoms with Gasteiger partial charge in [-0.3, -0.25) is 0 Å². The van der Waals surface area contributed by atoms with Crippen LogP contribution in [0.2, 0.25) is 0 Å². The molecule has 2 nitrogen and oxygen atoms in total. The van der Waals surface area contributed by atoms with Crippen LogP contribution in [0, 0.1) is 5.82 Å². The molecule has 0 heterocycles. The molecule has 0 saturated heterocycles. The third-order valence-electron chi connectivity index (χ3n) is 1.47. The monoisotopic (exact) mass is 245 g/mol. The van der Waals surface area contributed by atoms with Crippen molar-refractivity contribution in [2.24, 2.45) is 5.73 Å². The first kappa shape index (κ1) is 14.0. The van der Waals surface area contributed by atoms with Crippen LogP contribution in [0.1, 0.15) is 5.56 Å². The molecule has 2 N–H and O–H groups in total. The third-order valence-corrected chi connectivity index (χ3v) is 1.47. The fourth-order valence-electron chi connectivity index (χ4n) is 0.932. The topological polar surface area (TPSA) is 35.2 Å². The lowest BCUT2D eigenvalue weighted by molar-refractivity contribution is -0.274. The highest BCUT2D eigenvalue weighted by Crippen LogP contribution is 2.26. The van der Waals surface area contributed by atoms with Gasteiger partial charge in [0.15, 0.2) is 0 Å². The number of ether oxygens (including phenoxy) is 1. The molecule has 86 valence electrons. The fourth-order valence-corrected chi connectivity index (χ4v) is 0.932. The smallest absolute Gasteiger partial charge is 0.405 e. The van der Waals surface area contributed by atoms with Gasteiger partial charge in [-0.2, -0.15) is 0 Å². The van der Waals surface area contributed by atoms with Crippen molar-refractivity contribution in [1.82, 2.24) is 0 Å². The molecule has 0 bridgehead atoms. The van der Waals surface area contributed by atoms with Crippen LogP contribution in [0.15, 0.2) is 18.2 Å². The number of rotatable bonds is 2. The van der Waals surface area contributed by atoms with E-state index in [1.165, 1.54) is 0 Å². The summed E-state index contributed by atoms with van der Waals surface area (Å²) in [5.41, 5.74) is 5.10. The van der Waals surface area contributed by atoms with Crippen molar-refractivity contribution in [2.45, 2.75) is 12.9 Å². The molecule has 7 heteroatoms. The van der Waals surface area contributed by atoms with Gasteiger partial charge in [-0.15, -0.1) is 25.6 Å². The summed E-state index contributed by atoms with van der Waals surface area (Å²) in [5.74, 6) is -1.12. The van der Waals surface area contributed by atoms with Crippen molar-refractivity contribution in [3.05, 3.63) is 29.6 Å². The standard InChI is InChI=1S/C8H7F4NO.ClH/c9-6-1-2-7(5(3-6)4-13)14-8(10,11)12;/h1-3H,4,13H2;1H. The number of hydrogen-bond acceptors (Lipinski definition) is 2. The number of alkyl halides is 3. The Morgan fingerprint density at radius 3 is 2.33 bits per heavy atom.